The molecule has 5 rings (SSSR count). The Bertz CT molecular complexity index is 1030. The lowest BCUT2D eigenvalue weighted by atomic mass is 9.90. The summed E-state index contributed by atoms with van der Waals surface area (Å²) in [6.45, 7) is 2.91. The predicted octanol–water partition coefficient (Wildman–Crippen LogP) is 3.06. The average Bonchev–Trinajstić information content (AvgIpc) is 3.10. The van der Waals surface area contributed by atoms with E-state index < -0.39 is 0 Å². The van der Waals surface area contributed by atoms with Crippen LogP contribution < -0.4 is 0 Å². The van der Waals surface area contributed by atoms with Gasteiger partial charge in [0.1, 0.15) is 5.69 Å². The van der Waals surface area contributed by atoms with Gasteiger partial charge < -0.3 is 9.64 Å². The zero-order valence-corrected chi connectivity index (χ0v) is 16.1. The lowest BCUT2D eigenvalue weighted by molar-refractivity contribution is 0.0706. The van der Waals surface area contributed by atoms with E-state index in [2.05, 4.69) is 4.98 Å². The highest BCUT2D eigenvalue weighted by atomic mass is 16.5. The Morgan fingerprint density at radius 3 is 2.86 bits per heavy atom. The minimum absolute atomic E-state index is 0.0293. The monoisotopic (exact) mass is 376 g/mol. The quantitative estimate of drug-likeness (QED) is 0.690. The van der Waals surface area contributed by atoms with Gasteiger partial charge in [-0.2, -0.15) is 5.10 Å². The molecule has 1 amide bonds. The van der Waals surface area contributed by atoms with Crippen molar-refractivity contribution in [2.24, 2.45) is 7.05 Å². The minimum atomic E-state index is 0.0293. The van der Waals surface area contributed by atoms with Crippen molar-refractivity contribution in [2.75, 3.05) is 19.7 Å². The van der Waals surface area contributed by atoms with E-state index in [0.29, 0.717) is 18.2 Å². The third-order valence-electron chi connectivity index (χ3n) is 6.08. The molecule has 0 saturated carbocycles. The van der Waals surface area contributed by atoms with Crippen molar-refractivity contribution in [3.8, 4) is 0 Å². The number of likely N-dealkylation sites (tertiary alicyclic amines) is 1. The number of carbonyl (C=O) groups excluding carboxylic acids is 1. The van der Waals surface area contributed by atoms with Crippen LogP contribution in [0.5, 0.6) is 0 Å². The van der Waals surface area contributed by atoms with Crippen LogP contribution >= 0.6 is 0 Å². The number of hydrogen-bond donors (Lipinski definition) is 0. The summed E-state index contributed by atoms with van der Waals surface area (Å²) in [5, 5.41) is 6.78. The first-order valence-corrected chi connectivity index (χ1v) is 9.98. The predicted molar refractivity (Wildman–Crippen MR) is 106 cm³/mol. The van der Waals surface area contributed by atoms with Gasteiger partial charge in [0, 0.05) is 55.3 Å². The molecule has 0 bridgehead atoms. The van der Waals surface area contributed by atoms with Gasteiger partial charge in [-0.3, -0.25) is 14.5 Å². The summed E-state index contributed by atoms with van der Waals surface area (Å²) in [4.78, 5) is 19.5. The Balaban J connectivity index is 1.34. The Morgan fingerprint density at radius 1 is 1.18 bits per heavy atom. The van der Waals surface area contributed by atoms with Crippen LogP contribution in [-0.2, 0) is 24.8 Å². The zero-order chi connectivity index (χ0) is 19.1. The van der Waals surface area contributed by atoms with Crippen LogP contribution in [0.25, 0.3) is 10.8 Å². The van der Waals surface area contributed by atoms with Crippen molar-refractivity contribution in [1.82, 2.24) is 19.7 Å². The van der Waals surface area contributed by atoms with Gasteiger partial charge in [-0.1, -0.05) is 24.3 Å². The SMILES string of the molecule is Cn1nc(C2CCN(C(=O)c3nccc4ccccc34)CC2)c2c1CCOC2. The van der Waals surface area contributed by atoms with E-state index in [-0.39, 0.29) is 5.91 Å². The number of benzene rings is 1. The fourth-order valence-electron chi connectivity index (χ4n) is 4.56. The molecule has 0 spiro atoms. The maximum absolute atomic E-state index is 13.1. The average molecular weight is 376 g/mol. The van der Waals surface area contributed by atoms with Gasteiger partial charge in [0.2, 0.25) is 0 Å². The molecular formula is C22H24N4O2. The molecule has 2 aliphatic heterocycles. The molecule has 6 nitrogen and oxygen atoms in total. The molecule has 28 heavy (non-hydrogen) atoms. The Kier molecular flexibility index (Phi) is 4.36. The summed E-state index contributed by atoms with van der Waals surface area (Å²) in [6.07, 6.45) is 4.52. The first-order valence-electron chi connectivity index (χ1n) is 9.98. The van der Waals surface area contributed by atoms with E-state index >= 15 is 0 Å². The number of carbonyl (C=O) groups is 1. The van der Waals surface area contributed by atoms with Crippen molar-refractivity contribution in [3.05, 3.63) is 59.2 Å². The summed E-state index contributed by atoms with van der Waals surface area (Å²) < 4.78 is 7.69. The van der Waals surface area contributed by atoms with Gasteiger partial charge in [0.25, 0.3) is 5.91 Å². The van der Waals surface area contributed by atoms with Crippen LogP contribution in [0.1, 0.15) is 46.2 Å². The van der Waals surface area contributed by atoms with Crippen LogP contribution in [0.4, 0.5) is 0 Å². The molecule has 0 unspecified atom stereocenters. The first-order chi connectivity index (χ1) is 13.7. The topological polar surface area (TPSA) is 60.2 Å². The molecule has 0 atom stereocenters. The third-order valence-corrected chi connectivity index (χ3v) is 6.08. The van der Waals surface area contributed by atoms with Gasteiger partial charge in [-0.25, -0.2) is 0 Å². The second-order valence-corrected chi connectivity index (χ2v) is 7.68. The van der Waals surface area contributed by atoms with Gasteiger partial charge >= 0.3 is 0 Å². The zero-order valence-electron chi connectivity index (χ0n) is 16.1. The normalized spacial score (nSPS) is 17.7. The van der Waals surface area contributed by atoms with Gasteiger partial charge in [-0.05, 0) is 24.3 Å². The summed E-state index contributed by atoms with van der Waals surface area (Å²) in [5.74, 6) is 0.419. The molecule has 0 radical (unpaired) electrons. The summed E-state index contributed by atoms with van der Waals surface area (Å²) in [5.41, 5.74) is 4.31. The van der Waals surface area contributed by atoms with E-state index in [4.69, 9.17) is 9.84 Å². The fourth-order valence-corrected chi connectivity index (χ4v) is 4.56. The Hall–Kier alpha value is -2.73. The number of nitrogens with zero attached hydrogens (tertiary/aromatic N) is 4. The number of ether oxygens (including phenoxy) is 1. The number of hydrogen-bond acceptors (Lipinski definition) is 4. The second kappa shape index (κ2) is 7.02. The third kappa shape index (κ3) is 2.88. The standard InChI is InChI=1S/C22H24N4O2/c1-25-19-9-13-28-14-18(19)20(24-25)16-7-11-26(12-8-16)22(27)21-17-5-3-2-4-15(17)6-10-23-21/h2-6,10,16H,7-9,11-14H2,1H3. The number of fused-ring (bicyclic) bond motifs is 2. The van der Waals surface area contributed by atoms with E-state index in [9.17, 15) is 4.79 Å². The van der Waals surface area contributed by atoms with Crippen LogP contribution in [0.2, 0.25) is 0 Å². The number of rotatable bonds is 2. The lowest BCUT2D eigenvalue weighted by Crippen LogP contribution is -2.38. The maximum atomic E-state index is 13.1. The van der Waals surface area contributed by atoms with Crippen LogP contribution in [-0.4, -0.2) is 45.3 Å². The summed E-state index contributed by atoms with van der Waals surface area (Å²) >= 11 is 0. The highest BCUT2D eigenvalue weighted by Crippen LogP contribution is 2.33. The van der Waals surface area contributed by atoms with Gasteiger partial charge in [-0.15, -0.1) is 0 Å². The molecular weight excluding hydrogens is 352 g/mol. The van der Waals surface area contributed by atoms with Crippen LogP contribution in [0.15, 0.2) is 36.5 Å². The van der Waals surface area contributed by atoms with Gasteiger partial charge in [0.15, 0.2) is 0 Å². The Labute approximate surface area is 164 Å². The summed E-state index contributed by atoms with van der Waals surface area (Å²) in [6, 6.07) is 9.89. The molecule has 2 aliphatic rings. The smallest absolute Gasteiger partial charge is 0.273 e. The van der Waals surface area contributed by atoms with Crippen molar-refractivity contribution in [3.63, 3.8) is 0 Å². The maximum Gasteiger partial charge on any atom is 0.273 e. The van der Waals surface area contributed by atoms with Gasteiger partial charge in [0.05, 0.1) is 18.9 Å². The molecule has 1 fully saturated rings. The molecule has 2 aromatic heterocycles. The van der Waals surface area contributed by atoms with E-state index in [1.54, 1.807) is 6.20 Å². The van der Waals surface area contributed by atoms with Crippen LogP contribution in [0.3, 0.4) is 0 Å². The number of piperidine rings is 1. The molecule has 4 heterocycles. The second-order valence-electron chi connectivity index (χ2n) is 7.68. The first kappa shape index (κ1) is 17.4. The highest BCUT2D eigenvalue weighted by Gasteiger charge is 2.31. The van der Waals surface area contributed by atoms with Crippen molar-refractivity contribution < 1.29 is 9.53 Å². The fraction of sp³-hybridized carbons (Fsp3) is 0.409. The van der Waals surface area contributed by atoms with E-state index in [0.717, 1.165) is 49.7 Å². The van der Waals surface area contributed by atoms with E-state index in [1.807, 2.05) is 47.0 Å². The lowest BCUT2D eigenvalue weighted by Gasteiger charge is -2.32. The molecule has 3 aromatic rings. The van der Waals surface area contributed by atoms with Crippen LogP contribution in [0, 0.1) is 0 Å². The van der Waals surface area contributed by atoms with E-state index in [1.165, 1.54) is 17.0 Å². The number of amides is 1. The van der Waals surface area contributed by atoms with Crippen molar-refractivity contribution >= 4 is 16.7 Å². The largest absolute Gasteiger partial charge is 0.376 e. The molecule has 0 aliphatic carbocycles. The molecule has 1 saturated heterocycles. The molecule has 0 N–H and O–H groups in total. The molecule has 144 valence electrons. The van der Waals surface area contributed by atoms with Crippen molar-refractivity contribution in [2.45, 2.75) is 31.8 Å². The minimum Gasteiger partial charge on any atom is -0.376 e. The Morgan fingerprint density at radius 2 is 2.00 bits per heavy atom. The highest BCUT2D eigenvalue weighted by molar-refractivity contribution is 6.05. The number of aryl methyl sites for hydroxylation is 1. The molecule has 1 aromatic carbocycles. The van der Waals surface area contributed by atoms with Crippen molar-refractivity contribution in [1.29, 1.82) is 0 Å². The number of pyridine rings is 1. The molecule has 6 heteroatoms. The number of aromatic nitrogens is 3. The summed E-state index contributed by atoms with van der Waals surface area (Å²) in [7, 11) is 2.03.